The highest BCUT2D eigenvalue weighted by molar-refractivity contribution is 8.13. The van der Waals surface area contributed by atoms with Gasteiger partial charge in [0.25, 0.3) is 0 Å². The second kappa shape index (κ2) is 7.35. The molecule has 2 N–H and O–H groups in total. The van der Waals surface area contributed by atoms with E-state index in [1.807, 2.05) is 18.2 Å². The van der Waals surface area contributed by atoms with Crippen LogP contribution in [0.2, 0.25) is 0 Å². The van der Waals surface area contributed by atoms with Crippen molar-refractivity contribution in [3.8, 4) is 5.75 Å². The number of thioether (sulfide) groups is 1. The second-order valence-electron chi connectivity index (χ2n) is 4.29. The van der Waals surface area contributed by atoms with E-state index in [4.69, 9.17) is 10.5 Å². The lowest BCUT2D eigenvalue weighted by molar-refractivity contribution is 0.227. The maximum absolute atomic E-state index is 11.5. The van der Waals surface area contributed by atoms with Crippen LogP contribution in [0.3, 0.4) is 0 Å². The quantitative estimate of drug-likeness (QED) is 0.643. The molecule has 1 aromatic carbocycles. The first-order valence-electron chi connectivity index (χ1n) is 5.77. The van der Waals surface area contributed by atoms with Gasteiger partial charge in [-0.2, -0.15) is 0 Å². The van der Waals surface area contributed by atoms with Gasteiger partial charge >= 0.3 is 5.30 Å². The number of para-hydroxylation sites is 1. The van der Waals surface area contributed by atoms with E-state index in [-0.39, 0.29) is 10.7 Å². The van der Waals surface area contributed by atoms with Gasteiger partial charge in [0.05, 0.1) is 5.37 Å². The standard InChI is InChI=1S/C13H19NO2S/c1-10(2)8-9-12(14)17-13(15)16-11-6-4-3-5-7-11/h3-7,10,12H,8-9,14H2,1-2H3. The van der Waals surface area contributed by atoms with Gasteiger partial charge in [-0.25, -0.2) is 4.79 Å². The summed E-state index contributed by atoms with van der Waals surface area (Å²) in [7, 11) is 0. The SMILES string of the molecule is CC(C)CCC(N)SC(=O)Oc1ccccc1. The number of rotatable bonds is 5. The molecule has 1 atom stereocenters. The number of nitrogens with two attached hydrogens (primary N) is 1. The topological polar surface area (TPSA) is 52.3 Å². The molecule has 1 unspecified atom stereocenters. The Morgan fingerprint density at radius 3 is 2.53 bits per heavy atom. The molecular weight excluding hydrogens is 234 g/mol. The Bertz CT molecular complexity index is 341. The molecule has 94 valence electrons. The molecule has 0 aliphatic carbocycles. The molecule has 0 radical (unpaired) electrons. The van der Waals surface area contributed by atoms with E-state index in [9.17, 15) is 4.79 Å². The van der Waals surface area contributed by atoms with E-state index >= 15 is 0 Å². The molecule has 0 fully saturated rings. The molecule has 0 aromatic heterocycles. The smallest absolute Gasteiger partial charge is 0.374 e. The Hall–Kier alpha value is -1.00. The van der Waals surface area contributed by atoms with Gasteiger partial charge in [0.15, 0.2) is 0 Å². The number of hydrogen-bond acceptors (Lipinski definition) is 4. The normalized spacial score (nSPS) is 12.5. The van der Waals surface area contributed by atoms with Gasteiger partial charge in [-0.15, -0.1) is 0 Å². The van der Waals surface area contributed by atoms with Crippen LogP contribution in [0.25, 0.3) is 0 Å². The van der Waals surface area contributed by atoms with E-state index < -0.39 is 0 Å². The van der Waals surface area contributed by atoms with Crippen molar-refractivity contribution in [1.29, 1.82) is 0 Å². The van der Waals surface area contributed by atoms with Crippen LogP contribution in [0.1, 0.15) is 26.7 Å². The Morgan fingerprint density at radius 1 is 1.29 bits per heavy atom. The van der Waals surface area contributed by atoms with Crippen LogP contribution in [-0.4, -0.2) is 10.7 Å². The van der Waals surface area contributed by atoms with Crippen molar-refractivity contribution in [3.05, 3.63) is 30.3 Å². The van der Waals surface area contributed by atoms with Gasteiger partial charge in [0, 0.05) is 0 Å². The fourth-order valence-electron chi connectivity index (χ4n) is 1.29. The summed E-state index contributed by atoms with van der Waals surface area (Å²) >= 11 is 1.05. The minimum absolute atomic E-state index is 0.186. The van der Waals surface area contributed by atoms with Gasteiger partial charge in [-0.05, 0) is 42.7 Å². The first-order valence-corrected chi connectivity index (χ1v) is 6.65. The predicted octanol–water partition coefficient (Wildman–Crippen LogP) is 3.64. The second-order valence-corrected chi connectivity index (χ2v) is 5.47. The molecule has 0 aliphatic heterocycles. The van der Waals surface area contributed by atoms with Crippen molar-refractivity contribution < 1.29 is 9.53 Å². The Kier molecular flexibility index (Phi) is 6.08. The summed E-state index contributed by atoms with van der Waals surface area (Å²) < 4.78 is 5.14. The van der Waals surface area contributed by atoms with Crippen molar-refractivity contribution in [1.82, 2.24) is 0 Å². The van der Waals surface area contributed by atoms with Gasteiger partial charge in [-0.3, -0.25) is 0 Å². The van der Waals surface area contributed by atoms with Crippen LogP contribution in [0.5, 0.6) is 5.75 Å². The van der Waals surface area contributed by atoms with E-state index in [0.29, 0.717) is 11.7 Å². The van der Waals surface area contributed by atoms with E-state index in [0.717, 1.165) is 24.6 Å². The average Bonchev–Trinajstić information content (AvgIpc) is 2.27. The fourth-order valence-corrected chi connectivity index (χ4v) is 1.93. The molecule has 0 heterocycles. The maximum Gasteiger partial charge on any atom is 0.374 e. The highest BCUT2D eigenvalue weighted by atomic mass is 32.2. The van der Waals surface area contributed by atoms with Crippen LogP contribution in [0.4, 0.5) is 4.79 Å². The summed E-state index contributed by atoms with van der Waals surface area (Å²) in [5, 5.41) is -0.527. The molecule has 0 amide bonds. The number of hydrogen-bond donors (Lipinski definition) is 1. The van der Waals surface area contributed by atoms with Crippen LogP contribution in [0, 0.1) is 5.92 Å². The summed E-state index contributed by atoms with van der Waals surface area (Å²) in [4.78, 5) is 11.5. The predicted molar refractivity (Wildman–Crippen MR) is 72.1 cm³/mol. The number of carbonyl (C=O) groups is 1. The highest BCUT2D eigenvalue weighted by Crippen LogP contribution is 2.19. The van der Waals surface area contributed by atoms with Gasteiger partial charge in [-0.1, -0.05) is 32.0 Å². The fraction of sp³-hybridized carbons (Fsp3) is 0.462. The molecule has 0 saturated carbocycles. The molecule has 0 bridgehead atoms. The third-order valence-corrected chi connectivity index (χ3v) is 3.03. The lowest BCUT2D eigenvalue weighted by Gasteiger charge is -2.11. The van der Waals surface area contributed by atoms with Crippen LogP contribution < -0.4 is 10.5 Å². The largest absolute Gasteiger partial charge is 0.418 e. The molecule has 3 nitrogen and oxygen atoms in total. The van der Waals surface area contributed by atoms with Crippen LogP contribution in [0.15, 0.2) is 30.3 Å². The monoisotopic (exact) mass is 253 g/mol. The Labute approximate surface area is 107 Å². The minimum Gasteiger partial charge on any atom is -0.418 e. The number of carbonyl (C=O) groups excluding carboxylic acids is 1. The summed E-state index contributed by atoms with van der Waals surface area (Å²) in [5.74, 6) is 1.16. The zero-order valence-corrected chi connectivity index (χ0v) is 11.1. The first-order chi connectivity index (χ1) is 8.08. The van der Waals surface area contributed by atoms with Gasteiger partial charge in [0.1, 0.15) is 5.75 Å². The number of ether oxygens (including phenoxy) is 1. The molecule has 0 saturated heterocycles. The first kappa shape index (κ1) is 14.1. The summed E-state index contributed by atoms with van der Waals surface area (Å²) in [5.41, 5.74) is 5.84. The summed E-state index contributed by atoms with van der Waals surface area (Å²) in [6.45, 7) is 4.28. The molecule has 0 spiro atoms. The Morgan fingerprint density at radius 2 is 1.94 bits per heavy atom. The van der Waals surface area contributed by atoms with E-state index in [2.05, 4.69) is 13.8 Å². The van der Waals surface area contributed by atoms with Crippen molar-refractivity contribution in [2.24, 2.45) is 11.7 Å². The van der Waals surface area contributed by atoms with Crippen LogP contribution >= 0.6 is 11.8 Å². The van der Waals surface area contributed by atoms with Crippen molar-refractivity contribution in [2.45, 2.75) is 32.1 Å². The molecule has 1 rings (SSSR count). The third kappa shape index (κ3) is 6.34. The zero-order chi connectivity index (χ0) is 12.7. The van der Waals surface area contributed by atoms with Crippen molar-refractivity contribution in [2.75, 3.05) is 0 Å². The highest BCUT2D eigenvalue weighted by Gasteiger charge is 2.12. The summed E-state index contributed by atoms with van der Waals surface area (Å²) in [6, 6.07) is 9.02. The molecular formula is C13H19NO2S. The van der Waals surface area contributed by atoms with Gasteiger partial charge in [0.2, 0.25) is 0 Å². The minimum atomic E-state index is -0.340. The van der Waals surface area contributed by atoms with Crippen molar-refractivity contribution >= 4 is 17.1 Å². The van der Waals surface area contributed by atoms with E-state index in [1.165, 1.54) is 0 Å². The molecule has 17 heavy (non-hydrogen) atoms. The molecule has 0 aliphatic rings. The maximum atomic E-state index is 11.5. The Balaban J connectivity index is 2.29. The molecule has 4 heteroatoms. The van der Waals surface area contributed by atoms with Gasteiger partial charge < -0.3 is 10.5 Å². The summed E-state index contributed by atoms with van der Waals surface area (Å²) in [6.07, 6.45) is 1.85. The average molecular weight is 253 g/mol. The molecule has 1 aromatic rings. The zero-order valence-electron chi connectivity index (χ0n) is 10.3. The lowest BCUT2D eigenvalue weighted by atomic mass is 10.1. The van der Waals surface area contributed by atoms with Crippen molar-refractivity contribution in [3.63, 3.8) is 0 Å². The third-order valence-electron chi connectivity index (χ3n) is 2.22. The van der Waals surface area contributed by atoms with Crippen LogP contribution in [-0.2, 0) is 0 Å². The lowest BCUT2D eigenvalue weighted by Crippen LogP contribution is -2.19. The van der Waals surface area contributed by atoms with E-state index in [1.54, 1.807) is 12.1 Å². The number of benzene rings is 1.